The Bertz CT molecular complexity index is 2450. The molecule has 0 atom stereocenters. The van der Waals surface area contributed by atoms with E-state index in [2.05, 4.69) is 193 Å². The average Bonchev–Trinajstić information content (AvgIpc) is 3.55. The van der Waals surface area contributed by atoms with Gasteiger partial charge in [0.15, 0.2) is 0 Å². The molecule has 1 nitrogen and oxygen atoms in total. The Morgan fingerprint density at radius 1 is 0.333 bits per heavy atom. The van der Waals surface area contributed by atoms with E-state index in [1.54, 1.807) is 0 Å². The molecule has 0 saturated heterocycles. The molecule has 1 aromatic heterocycles. The molecule has 0 aliphatic carbocycles. The van der Waals surface area contributed by atoms with Gasteiger partial charge >= 0.3 is 0 Å². The largest absolute Gasteiger partial charge is 0.310 e. The van der Waals surface area contributed by atoms with E-state index in [-0.39, 0.29) is 0 Å². The number of anilines is 3. The van der Waals surface area contributed by atoms with E-state index in [4.69, 9.17) is 0 Å². The van der Waals surface area contributed by atoms with Gasteiger partial charge in [0.25, 0.3) is 0 Å². The van der Waals surface area contributed by atoms with Crippen LogP contribution in [0.4, 0.5) is 17.1 Å². The van der Waals surface area contributed by atoms with Gasteiger partial charge in [-0.2, -0.15) is 0 Å². The lowest BCUT2D eigenvalue weighted by molar-refractivity contribution is 1.28. The van der Waals surface area contributed by atoms with Gasteiger partial charge in [-0.1, -0.05) is 146 Å². The topological polar surface area (TPSA) is 3.24 Å². The highest BCUT2D eigenvalue weighted by Crippen LogP contribution is 2.46. The number of hydrogen-bond donors (Lipinski definition) is 0. The summed E-state index contributed by atoms with van der Waals surface area (Å²) in [6.45, 7) is 0. The first kappa shape index (κ1) is 28.3. The Hall–Kier alpha value is -5.96. The molecule has 9 rings (SSSR count). The van der Waals surface area contributed by atoms with Crippen molar-refractivity contribution in [3.8, 4) is 33.4 Å². The summed E-state index contributed by atoms with van der Waals surface area (Å²) in [5.41, 5.74) is 10.6. The Labute approximate surface area is 284 Å². The molecule has 0 unspecified atom stereocenters. The minimum absolute atomic E-state index is 1.11. The van der Waals surface area contributed by atoms with E-state index in [0.29, 0.717) is 0 Å². The summed E-state index contributed by atoms with van der Waals surface area (Å²) in [5, 5.41) is 5.21. The van der Waals surface area contributed by atoms with Crippen LogP contribution in [0.2, 0.25) is 0 Å². The molecule has 0 amide bonds. The lowest BCUT2D eigenvalue weighted by Crippen LogP contribution is -2.11. The van der Waals surface area contributed by atoms with Crippen LogP contribution >= 0.6 is 11.3 Å². The van der Waals surface area contributed by atoms with Gasteiger partial charge in [0.2, 0.25) is 0 Å². The van der Waals surface area contributed by atoms with Gasteiger partial charge in [0.05, 0.1) is 5.69 Å². The van der Waals surface area contributed by atoms with Crippen LogP contribution in [0.15, 0.2) is 188 Å². The molecule has 0 bridgehead atoms. The second-order valence-electron chi connectivity index (χ2n) is 12.1. The lowest BCUT2D eigenvalue weighted by Gasteiger charge is -2.28. The van der Waals surface area contributed by atoms with Gasteiger partial charge in [-0.15, -0.1) is 11.3 Å². The molecular formula is C46H31NS. The van der Waals surface area contributed by atoms with Crippen molar-refractivity contribution in [1.82, 2.24) is 0 Å². The fourth-order valence-electron chi connectivity index (χ4n) is 7.01. The summed E-state index contributed by atoms with van der Waals surface area (Å²) in [6, 6.07) is 68.1. The number of thiophene rings is 1. The molecule has 9 aromatic rings. The highest BCUT2D eigenvalue weighted by molar-refractivity contribution is 7.26. The van der Waals surface area contributed by atoms with Crippen LogP contribution in [-0.4, -0.2) is 0 Å². The zero-order valence-corrected chi connectivity index (χ0v) is 27.1. The van der Waals surface area contributed by atoms with Gasteiger partial charge in [0, 0.05) is 37.1 Å². The smallest absolute Gasteiger partial charge is 0.0540 e. The van der Waals surface area contributed by atoms with Crippen LogP contribution < -0.4 is 4.90 Å². The molecule has 2 heteroatoms. The Kier molecular flexibility index (Phi) is 7.07. The molecule has 0 saturated carbocycles. The van der Waals surface area contributed by atoms with Crippen LogP contribution in [0.25, 0.3) is 64.3 Å². The third-order valence-electron chi connectivity index (χ3n) is 9.28. The summed E-state index contributed by atoms with van der Waals surface area (Å²) in [4.78, 5) is 2.41. The Morgan fingerprint density at radius 2 is 0.875 bits per heavy atom. The van der Waals surface area contributed by atoms with Crippen LogP contribution in [0.3, 0.4) is 0 Å². The number of hydrogen-bond acceptors (Lipinski definition) is 2. The molecule has 0 aliphatic heterocycles. The minimum atomic E-state index is 1.11. The zero-order chi connectivity index (χ0) is 31.9. The molecule has 1 heterocycles. The molecule has 0 fully saturated rings. The molecule has 226 valence electrons. The molecule has 0 spiro atoms. The maximum Gasteiger partial charge on any atom is 0.0540 e. The van der Waals surface area contributed by atoms with Gasteiger partial charge in [-0.05, 0) is 81.1 Å². The van der Waals surface area contributed by atoms with Crippen LogP contribution in [0.5, 0.6) is 0 Å². The number of benzene rings is 8. The summed E-state index contributed by atoms with van der Waals surface area (Å²) in [7, 11) is 0. The summed E-state index contributed by atoms with van der Waals surface area (Å²) in [5.74, 6) is 0. The van der Waals surface area contributed by atoms with E-state index in [1.807, 2.05) is 11.3 Å². The Balaban J connectivity index is 1.26. The number of fused-ring (bicyclic) bond motifs is 5. The first-order valence-corrected chi connectivity index (χ1v) is 17.2. The van der Waals surface area contributed by atoms with E-state index in [1.165, 1.54) is 64.3 Å². The number of nitrogens with zero attached hydrogens (tertiary/aromatic N) is 1. The van der Waals surface area contributed by atoms with Crippen LogP contribution in [0, 0.1) is 0 Å². The van der Waals surface area contributed by atoms with E-state index in [0.717, 1.165) is 17.1 Å². The van der Waals surface area contributed by atoms with Crippen molar-refractivity contribution in [2.75, 3.05) is 4.90 Å². The van der Waals surface area contributed by atoms with Gasteiger partial charge in [-0.3, -0.25) is 0 Å². The van der Waals surface area contributed by atoms with Crippen LogP contribution in [0.1, 0.15) is 0 Å². The highest BCUT2D eigenvalue weighted by Gasteiger charge is 2.20. The van der Waals surface area contributed by atoms with Crippen molar-refractivity contribution >= 4 is 59.3 Å². The van der Waals surface area contributed by atoms with Crippen LogP contribution in [-0.2, 0) is 0 Å². The number of para-hydroxylation sites is 1. The van der Waals surface area contributed by atoms with E-state index in [9.17, 15) is 0 Å². The van der Waals surface area contributed by atoms with Gasteiger partial charge in [0.1, 0.15) is 0 Å². The number of rotatable bonds is 6. The fraction of sp³-hybridized carbons (Fsp3) is 0. The average molecular weight is 630 g/mol. The maximum atomic E-state index is 2.41. The molecule has 48 heavy (non-hydrogen) atoms. The fourth-order valence-corrected chi connectivity index (χ4v) is 8.12. The molecule has 0 radical (unpaired) electrons. The van der Waals surface area contributed by atoms with Crippen molar-refractivity contribution < 1.29 is 0 Å². The van der Waals surface area contributed by atoms with Crippen molar-refractivity contribution in [3.05, 3.63) is 188 Å². The van der Waals surface area contributed by atoms with Crippen molar-refractivity contribution in [1.29, 1.82) is 0 Å². The first-order valence-electron chi connectivity index (χ1n) is 16.4. The monoisotopic (exact) mass is 629 g/mol. The van der Waals surface area contributed by atoms with Crippen molar-refractivity contribution in [3.63, 3.8) is 0 Å². The van der Waals surface area contributed by atoms with Crippen molar-refractivity contribution in [2.45, 2.75) is 0 Å². The standard InChI is InChI=1S/C46H31NS/c1-3-12-32(13-4-1)34-22-27-37(28-23-34)47(38-29-24-35(25-30-38)33-14-5-2-6-15-33)42-20-9-7-17-39(42)40-19-11-16-36-26-31-44-46(45(36)40)41-18-8-10-21-43(41)48-44/h1-31H. The quantitative estimate of drug-likeness (QED) is 0.177. The van der Waals surface area contributed by atoms with E-state index >= 15 is 0 Å². The third kappa shape index (κ3) is 4.95. The van der Waals surface area contributed by atoms with Crippen molar-refractivity contribution in [2.24, 2.45) is 0 Å². The molecular weight excluding hydrogens is 599 g/mol. The molecule has 0 aliphatic rings. The van der Waals surface area contributed by atoms with E-state index < -0.39 is 0 Å². The van der Waals surface area contributed by atoms with Gasteiger partial charge < -0.3 is 4.90 Å². The predicted octanol–water partition coefficient (Wildman–Crippen LogP) is 13.7. The first-order chi connectivity index (χ1) is 23.8. The summed E-state index contributed by atoms with van der Waals surface area (Å²) < 4.78 is 2.64. The zero-order valence-electron chi connectivity index (χ0n) is 26.3. The Morgan fingerprint density at radius 3 is 1.54 bits per heavy atom. The second-order valence-corrected chi connectivity index (χ2v) is 13.2. The molecule has 0 N–H and O–H groups in total. The highest BCUT2D eigenvalue weighted by atomic mass is 32.1. The lowest BCUT2D eigenvalue weighted by atomic mass is 9.93. The predicted molar refractivity (Wildman–Crippen MR) is 208 cm³/mol. The normalized spacial score (nSPS) is 11.3. The second kappa shape index (κ2) is 12.0. The third-order valence-corrected chi connectivity index (χ3v) is 10.4. The molecule has 8 aromatic carbocycles. The summed E-state index contributed by atoms with van der Waals surface area (Å²) >= 11 is 1.87. The SMILES string of the molecule is c1ccc(-c2ccc(N(c3ccc(-c4ccccc4)cc3)c3ccccc3-c3cccc4ccc5sc6ccccc6c5c34)cc2)cc1. The van der Waals surface area contributed by atoms with Gasteiger partial charge in [-0.25, -0.2) is 0 Å². The summed E-state index contributed by atoms with van der Waals surface area (Å²) in [6.07, 6.45) is 0. The maximum absolute atomic E-state index is 2.41. The minimum Gasteiger partial charge on any atom is -0.310 e.